The van der Waals surface area contributed by atoms with Gasteiger partial charge in [0.25, 0.3) is 0 Å². The van der Waals surface area contributed by atoms with E-state index in [0.717, 1.165) is 22.9 Å². The van der Waals surface area contributed by atoms with Crippen molar-refractivity contribution in [3.8, 4) is 0 Å². The molecule has 3 heterocycles. The maximum atomic E-state index is 12.5. The summed E-state index contributed by atoms with van der Waals surface area (Å²) in [4.78, 5) is 34.8. The number of halogens is 1. The van der Waals surface area contributed by atoms with E-state index >= 15 is 0 Å². The predicted molar refractivity (Wildman–Crippen MR) is 103 cm³/mol. The molecule has 3 rings (SSSR count). The molecular formula is C19H19BrN4O2. The van der Waals surface area contributed by atoms with E-state index in [9.17, 15) is 9.59 Å². The van der Waals surface area contributed by atoms with Crippen LogP contribution in [-0.4, -0.2) is 39.8 Å². The van der Waals surface area contributed by atoms with E-state index in [4.69, 9.17) is 0 Å². The Labute approximate surface area is 160 Å². The van der Waals surface area contributed by atoms with Crippen molar-refractivity contribution in [3.63, 3.8) is 0 Å². The SMILES string of the molecule is O=C(Nc1ccc(Br)cn1)C1CCCN(C(=O)/C=C/c2cccnc2)C1. The molecule has 0 saturated carbocycles. The zero-order valence-electron chi connectivity index (χ0n) is 14.1. The van der Waals surface area contributed by atoms with Crippen LogP contribution < -0.4 is 5.32 Å². The van der Waals surface area contributed by atoms with Gasteiger partial charge in [0.1, 0.15) is 5.82 Å². The minimum absolute atomic E-state index is 0.0897. The van der Waals surface area contributed by atoms with Gasteiger partial charge in [-0.2, -0.15) is 0 Å². The summed E-state index contributed by atoms with van der Waals surface area (Å²) in [5, 5.41) is 2.82. The zero-order valence-corrected chi connectivity index (χ0v) is 15.7. The van der Waals surface area contributed by atoms with E-state index in [1.54, 1.807) is 35.6 Å². The first-order valence-corrected chi connectivity index (χ1v) is 9.20. The van der Waals surface area contributed by atoms with Gasteiger partial charge in [-0.3, -0.25) is 14.6 Å². The first-order valence-electron chi connectivity index (χ1n) is 8.41. The number of likely N-dealkylation sites (tertiary alicyclic amines) is 1. The number of carbonyl (C=O) groups excluding carboxylic acids is 2. The number of hydrogen-bond acceptors (Lipinski definition) is 4. The first kappa shape index (κ1) is 18.3. The fourth-order valence-electron chi connectivity index (χ4n) is 2.82. The third kappa shape index (κ3) is 4.98. The minimum atomic E-state index is -0.232. The number of piperidine rings is 1. The smallest absolute Gasteiger partial charge is 0.246 e. The van der Waals surface area contributed by atoms with Crippen LogP contribution >= 0.6 is 15.9 Å². The van der Waals surface area contributed by atoms with Gasteiger partial charge >= 0.3 is 0 Å². The molecule has 26 heavy (non-hydrogen) atoms. The summed E-state index contributed by atoms with van der Waals surface area (Å²) in [6.45, 7) is 1.08. The zero-order chi connectivity index (χ0) is 18.4. The highest BCUT2D eigenvalue weighted by molar-refractivity contribution is 9.10. The Morgan fingerprint density at radius 2 is 2.15 bits per heavy atom. The van der Waals surface area contributed by atoms with Crippen molar-refractivity contribution < 1.29 is 9.59 Å². The van der Waals surface area contributed by atoms with E-state index in [2.05, 4.69) is 31.2 Å². The number of carbonyl (C=O) groups is 2. The summed E-state index contributed by atoms with van der Waals surface area (Å²) in [6.07, 6.45) is 9.86. The van der Waals surface area contributed by atoms with Crippen LogP contribution in [-0.2, 0) is 9.59 Å². The molecule has 0 spiro atoms. The molecule has 7 heteroatoms. The van der Waals surface area contributed by atoms with E-state index < -0.39 is 0 Å². The summed E-state index contributed by atoms with van der Waals surface area (Å²) in [6, 6.07) is 7.27. The lowest BCUT2D eigenvalue weighted by Gasteiger charge is -2.31. The molecule has 0 aliphatic carbocycles. The fourth-order valence-corrected chi connectivity index (χ4v) is 3.05. The third-order valence-corrected chi connectivity index (χ3v) is 4.65. The Morgan fingerprint density at radius 3 is 2.88 bits per heavy atom. The molecule has 2 aromatic heterocycles. The second-order valence-electron chi connectivity index (χ2n) is 6.09. The molecule has 1 unspecified atom stereocenters. The van der Waals surface area contributed by atoms with Crippen molar-refractivity contribution in [1.29, 1.82) is 0 Å². The predicted octanol–water partition coefficient (Wildman–Crippen LogP) is 3.13. The minimum Gasteiger partial charge on any atom is -0.338 e. The van der Waals surface area contributed by atoms with E-state index in [1.807, 2.05) is 18.2 Å². The van der Waals surface area contributed by atoms with Gasteiger partial charge in [-0.1, -0.05) is 6.07 Å². The maximum Gasteiger partial charge on any atom is 0.246 e. The molecule has 2 amide bonds. The lowest BCUT2D eigenvalue weighted by molar-refractivity contribution is -0.130. The van der Waals surface area contributed by atoms with E-state index in [-0.39, 0.29) is 17.7 Å². The largest absolute Gasteiger partial charge is 0.338 e. The van der Waals surface area contributed by atoms with Gasteiger partial charge in [-0.15, -0.1) is 0 Å². The second kappa shape index (κ2) is 8.71. The van der Waals surface area contributed by atoms with Crippen LogP contribution in [0.15, 0.2) is 53.4 Å². The maximum absolute atomic E-state index is 12.5. The lowest BCUT2D eigenvalue weighted by Crippen LogP contribution is -2.43. The molecule has 2 aromatic rings. The van der Waals surface area contributed by atoms with Crippen LogP contribution in [0.5, 0.6) is 0 Å². The number of aromatic nitrogens is 2. The van der Waals surface area contributed by atoms with Crippen molar-refractivity contribution in [1.82, 2.24) is 14.9 Å². The Balaban J connectivity index is 1.57. The summed E-state index contributed by atoms with van der Waals surface area (Å²) in [7, 11) is 0. The van der Waals surface area contributed by atoms with Crippen LogP contribution in [0.4, 0.5) is 5.82 Å². The Hall–Kier alpha value is -2.54. The molecule has 0 radical (unpaired) electrons. The topological polar surface area (TPSA) is 75.2 Å². The van der Waals surface area contributed by atoms with E-state index in [0.29, 0.717) is 18.9 Å². The molecule has 1 saturated heterocycles. The van der Waals surface area contributed by atoms with E-state index in [1.165, 1.54) is 6.08 Å². The molecule has 1 fully saturated rings. The molecular weight excluding hydrogens is 396 g/mol. The highest BCUT2D eigenvalue weighted by Gasteiger charge is 2.27. The molecule has 0 aromatic carbocycles. The molecule has 0 bridgehead atoms. The molecule has 1 atom stereocenters. The fraction of sp³-hybridized carbons (Fsp3) is 0.263. The Morgan fingerprint density at radius 1 is 1.27 bits per heavy atom. The standard InChI is InChI=1S/C19H19BrN4O2/c20-16-6-7-17(22-12-16)23-19(26)15-4-2-10-24(13-15)18(25)8-5-14-3-1-9-21-11-14/h1,3,5-9,11-12,15H,2,4,10,13H2,(H,22,23,26)/b8-5+. The summed E-state index contributed by atoms with van der Waals surface area (Å²) >= 11 is 3.31. The third-order valence-electron chi connectivity index (χ3n) is 4.19. The number of nitrogens with one attached hydrogen (secondary N) is 1. The summed E-state index contributed by atoms with van der Waals surface area (Å²) in [5.41, 5.74) is 0.869. The first-order chi connectivity index (χ1) is 12.6. The lowest BCUT2D eigenvalue weighted by atomic mass is 9.97. The summed E-state index contributed by atoms with van der Waals surface area (Å²) < 4.78 is 0.852. The van der Waals surface area contributed by atoms with Gasteiger partial charge in [-0.25, -0.2) is 4.98 Å². The van der Waals surface area contributed by atoms with Crippen LogP contribution in [0.1, 0.15) is 18.4 Å². The van der Waals surface area contributed by atoms with Gasteiger partial charge in [0.15, 0.2) is 0 Å². The molecule has 1 aliphatic heterocycles. The van der Waals surface area contributed by atoms with Crippen LogP contribution in [0.3, 0.4) is 0 Å². The summed E-state index contributed by atoms with van der Waals surface area (Å²) in [5.74, 6) is 0.0877. The Kier molecular flexibility index (Phi) is 6.12. The normalized spacial score (nSPS) is 17.3. The average molecular weight is 415 g/mol. The van der Waals surface area contributed by atoms with Crippen molar-refractivity contribution >= 4 is 39.6 Å². The van der Waals surface area contributed by atoms with Gasteiger partial charge in [0.05, 0.1) is 5.92 Å². The second-order valence-corrected chi connectivity index (χ2v) is 7.01. The number of anilines is 1. The van der Waals surface area contributed by atoms with Crippen LogP contribution in [0.25, 0.3) is 6.08 Å². The van der Waals surface area contributed by atoms with Crippen molar-refractivity contribution in [2.24, 2.45) is 5.92 Å². The van der Waals surface area contributed by atoms with Gasteiger partial charge in [0.2, 0.25) is 11.8 Å². The number of amides is 2. The van der Waals surface area contributed by atoms with Gasteiger partial charge in [-0.05, 0) is 58.6 Å². The van der Waals surface area contributed by atoms with Crippen LogP contribution in [0, 0.1) is 5.92 Å². The van der Waals surface area contributed by atoms with Gasteiger partial charge in [0, 0.05) is 42.2 Å². The van der Waals surface area contributed by atoms with Crippen molar-refractivity contribution in [2.45, 2.75) is 12.8 Å². The number of pyridine rings is 2. The van der Waals surface area contributed by atoms with Gasteiger partial charge < -0.3 is 10.2 Å². The molecule has 1 aliphatic rings. The number of nitrogens with zero attached hydrogens (tertiary/aromatic N) is 3. The highest BCUT2D eigenvalue weighted by Crippen LogP contribution is 2.19. The monoisotopic (exact) mass is 414 g/mol. The average Bonchev–Trinajstić information content (AvgIpc) is 2.69. The Bertz CT molecular complexity index is 793. The number of hydrogen-bond donors (Lipinski definition) is 1. The van der Waals surface area contributed by atoms with Crippen LogP contribution in [0.2, 0.25) is 0 Å². The molecule has 6 nitrogen and oxygen atoms in total. The van der Waals surface area contributed by atoms with Crippen molar-refractivity contribution in [2.75, 3.05) is 18.4 Å². The van der Waals surface area contributed by atoms with Crippen molar-refractivity contribution in [3.05, 3.63) is 59.0 Å². The number of rotatable bonds is 4. The highest BCUT2D eigenvalue weighted by atomic mass is 79.9. The molecule has 1 N–H and O–H groups in total. The molecule has 134 valence electrons. The quantitative estimate of drug-likeness (QED) is 0.779.